The number of aromatic carboxylic acids is 1. The van der Waals surface area contributed by atoms with Crippen molar-refractivity contribution in [3.8, 4) is 0 Å². The van der Waals surface area contributed by atoms with Gasteiger partial charge in [0.1, 0.15) is 0 Å². The summed E-state index contributed by atoms with van der Waals surface area (Å²) in [7, 11) is 0. The van der Waals surface area contributed by atoms with Gasteiger partial charge in [0.15, 0.2) is 0 Å². The van der Waals surface area contributed by atoms with Crippen LogP contribution in [0.25, 0.3) is 10.9 Å². The molecule has 4 rings (SSSR count). The van der Waals surface area contributed by atoms with Crippen LogP contribution in [0, 0.1) is 0 Å². The fourth-order valence-corrected chi connectivity index (χ4v) is 4.06. The Kier molecular flexibility index (Phi) is 4.53. The minimum absolute atomic E-state index is 0.0753. The number of benzene rings is 1. The second kappa shape index (κ2) is 6.77. The molecule has 0 atom stereocenters. The first kappa shape index (κ1) is 18.7. The van der Waals surface area contributed by atoms with Crippen molar-refractivity contribution in [1.82, 2.24) is 9.55 Å². The Bertz CT molecular complexity index is 1050. The standard InChI is InChI=1S/C24H28N2O2/c1-5-26-21-9-6-15(10-17(21)13-22(26)24(2,3)4)11-20-19(23(27)28)12-18(14-25-20)16-7-8-16/h6,9-10,12-14,16H,5,7-8,11H2,1-4H3,(H,27,28). The third-order valence-electron chi connectivity index (χ3n) is 5.69. The van der Waals surface area contributed by atoms with E-state index in [1.807, 2.05) is 12.3 Å². The summed E-state index contributed by atoms with van der Waals surface area (Å²) in [5.74, 6) is -0.390. The maximum absolute atomic E-state index is 11.8. The zero-order valence-electron chi connectivity index (χ0n) is 17.1. The van der Waals surface area contributed by atoms with Gasteiger partial charge in [-0.1, -0.05) is 26.8 Å². The molecule has 1 aromatic carbocycles. The Morgan fingerprint density at radius 3 is 2.57 bits per heavy atom. The van der Waals surface area contributed by atoms with Crippen molar-refractivity contribution >= 4 is 16.9 Å². The minimum Gasteiger partial charge on any atom is -0.478 e. The van der Waals surface area contributed by atoms with Crippen LogP contribution in [0.2, 0.25) is 0 Å². The zero-order chi connectivity index (χ0) is 20.1. The van der Waals surface area contributed by atoms with Gasteiger partial charge in [0.2, 0.25) is 0 Å². The molecular formula is C24H28N2O2. The van der Waals surface area contributed by atoms with Gasteiger partial charge in [-0.2, -0.15) is 0 Å². The average molecular weight is 377 g/mol. The molecule has 146 valence electrons. The van der Waals surface area contributed by atoms with E-state index in [0.717, 1.165) is 30.5 Å². The van der Waals surface area contributed by atoms with E-state index in [-0.39, 0.29) is 5.41 Å². The Morgan fingerprint density at radius 2 is 1.96 bits per heavy atom. The third-order valence-corrected chi connectivity index (χ3v) is 5.69. The Balaban J connectivity index is 1.71. The molecule has 1 N–H and O–H groups in total. The number of hydrogen-bond acceptors (Lipinski definition) is 2. The van der Waals surface area contributed by atoms with Gasteiger partial charge in [-0.15, -0.1) is 0 Å². The molecule has 0 unspecified atom stereocenters. The van der Waals surface area contributed by atoms with Crippen molar-refractivity contribution in [2.24, 2.45) is 0 Å². The van der Waals surface area contributed by atoms with E-state index in [0.29, 0.717) is 23.6 Å². The molecule has 2 aromatic heterocycles. The highest BCUT2D eigenvalue weighted by Gasteiger charge is 2.26. The number of hydrogen-bond donors (Lipinski definition) is 1. The smallest absolute Gasteiger partial charge is 0.337 e. The van der Waals surface area contributed by atoms with Crippen LogP contribution in [0.4, 0.5) is 0 Å². The minimum atomic E-state index is -0.891. The van der Waals surface area contributed by atoms with Crippen LogP contribution in [-0.2, 0) is 18.4 Å². The predicted molar refractivity (Wildman–Crippen MR) is 112 cm³/mol. The molecule has 28 heavy (non-hydrogen) atoms. The number of pyridine rings is 1. The van der Waals surface area contributed by atoms with Crippen LogP contribution >= 0.6 is 0 Å². The molecule has 1 aliphatic carbocycles. The fourth-order valence-electron chi connectivity index (χ4n) is 4.06. The lowest BCUT2D eigenvalue weighted by molar-refractivity contribution is 0.0695. The van der Waals surface area contributed by atoms with Crippen molar-refractivity contribution in [1.29, 1.82) is 0 Å². The molecule has 1 fully saturated rings. The highest BCUT2D eigenvalue weighted by molar-refractivity contribution is 5.89. The zero-order valence-corrected chi connectivity index (χ0v) is 17.1. The summed E-state index contributed by atoms with van der Waals surface area (Å²) in [5, 5.41) is 10.9. The number of carbonyl (C=O) groups is 1. The first-order chi connectivity index (χ1) is 13.3. The van der Waals surface area contributed by atoms with Crippen molar-refractivity contribution < 1.29 is 9.90 Å². The molecule has 0 saturated heterocycles. The van der Waals surface area contributed by atoms with Crippen LogP contribution in [-0.4, -0.2) is 20.6 Å². The monoisotopic (exact) mass is 376 g/mol. The molecule has 4 nitrogen and oxygen atoms in total. The summed E-state index contributed by atoms with van der Waals surface area (Å²) < 4.78 is 2.37. The topological polar surface area (TPSA) is 55.1 Å². The molecule has 2 heterocycles. The van der Waals surface area contributed by atoms with Gasteiger partial charge in [0, 0.05) is 41.2 Å². The van der Waals surface area contributed by atoms with Crippen molar-refractivity contribution in [2.45, 2.75) is 64.8 Å². The van der Waals surface area contributed by atoms with Gasteiger partial charge in [-0.05, 0) is 61.1 Å². The highest BCUT2D eigenvalue weighted by Crippen LogP contribution is 2.40. The number of fused-ring (bicyclic) bond motifs is 1. The summed E-state index contributed by atoms with van der Waals surface area (Å²) in [6.07, 6.45) is 4.68. The molecule has 4 heteroatoms. The lowest BCUT2D eigenvalue weighted by Crippen LogP contribution is -2.16. The lowest BCUT2D eigenvalue weighted by Gasteiger charge is -2.21. The second-order valence-electron chi connectivity index (χ2n) is 8.94. The number of rotatable bonds is 5. The van der Waals surface area contributed by atoms with Gasteiger partial charge in [0.25, 0.3) is 0 Å². The van der Waals surface area contributed by atoms with Crippen molar-refractivity contribution in [2.75, 3.05) is 0 Å². The summed E-state index contributed by atoms with van der Waals surface area (Å²) in [6, 6.07) is 10.5. The summed E-state index contributed by atoms with van der Waals surface area (Å²) >= 11 is 0. The van der Waals surface area contributed by atoms with E-state index in [2.05, 4.69) is 61.5 Å². The molecule has 0 spiro atoms. The SMILES string of the molecule is CCn1c(C(C)(C)C)cc2cc(Cc3ncc(C4CC4)cc3C(=O)O)ccc21. The van der Waals surface area contributed by atoms with E-state index in [1.165, 1.54) is 16.6 Å². The van der Waals surface area contributed by atoms with Crippen LogP contribution in [0.3, 0.4) is 0 Å². The van der Waals surface area contributed by atoms with E-state index >= 15 is 0 Å². The molecule has 0 amide bonds. The van der Waals surface area contributed by atoms with Gasteiger partial charge in [-0.25, -0.2) is 4.79 Å². The van der Waals surface area contributed by atoms with Gasteiger partial charge in [-0.3, -0.25) is 4.98 Å². The third kappa shape index (κ3) is 3.44. The summed E-state index contributed by atoms with van der Waals surface area (Å²) in [6.45, 7) is 9.81. The average Bonchev–Trinajstić information content (AvgIpc) is 3.41. The number of nitrogens with zero attached hydrogens (tertiary/aromatic N) is 2. The molecule has 0 aliphatic heterocycles. The fraction of sp³-hybridized carbons (Fsp3) is 0.417. The number of carboxylic acids is 1. The molecule has 1 aliphatic rings. The predicted octanol–water partition coefficient (Wildman–Crippen LogP) is 5.52. The van der Waals surface area contributed by atoms with Gasteiger partial charge in [0.05, 0.1) is 11.3 Å². The first-order valence-electron chi connectivity index (χ1n) is 10.1. The quantitative estimate of drug-likeness (QED) is 0.638. The number of carboxylic acid groups (broad SMARTS) is 1. The molecular weight excluding hydrogens is 348 g/mol. The summed E-state index contributed by atoms with van der Waals surface area (Å²) in [4.78, 5) is 16.3. The van der Waals surface area contributed by atoms with Crippen LogP contribution in [0.1, 0.15) is 79.3 Å². The van der Waals surface area contributed by atoms with Crippen LogP contribution < -0.4 is 0 Å². The normalized spacial score (nSPS) is 14.6. The van der Waals surface area contributed by atoms with Crippen molar-refractivity contribution in [3.63, 3.8) is 0 Å². The maximum Gasteiger partial charge on any atom is 0.337 e. The first-order valence-corrected chi connectivity index (χ1v) is 10.1. The Morgan fingerprint density at radius 1 is 1.21 bits per heavy atom. The van der Waals surface area contributed by atoms with E-state index in [1.54, 1.807) is 0 Å². The lowest BCUT2D eigenvalue weighted by atomic mass is 9.92. The Labute approximate surface area is 166 Å². The number of aromatic nitrogens is 2. The van der Waals surface area contributed by atoms with E-state index < -0.39 is 5.97 Å². The molecule has 3 aromatic rings. The van der Waals surface area contributed by atoms with E-state index in [9.17, 15) is 9.90 Å². The highest BCUT2D eigenvalue weighted by atomic mass is 16.4. The van der Waals surface area contributed by atoms with E-state index in [4.69, 9.17) is 0 Å². The van der Waals surface area contributed by atoms with Crippen LogP contribution in [0.15, 0.2) is 36.5 Å². The van der Waals surface area contributed by atoms with Gasteiger partial charge < -0.3 is 9.67 Å². The van der Waals surface area contributed by atoms with Gasteiger partial charge >= 0.3 is 5.97 Å². The number of aryl methyl sites for hydroxylation is 1. The Hall–Kier alpha value is -2.62. The molecule has 0 radical (unpaired) electrons. The van der Waals surface area contributed by atoms with Crippen LogP contribution in [0.5, 0.6) is 0 Å². The van der Waals surface area contributed by atoms with Crippen molar-refractivity contribution in [3.05, 3.63) is 64.6 Å². The maximum atomic E-state index is 11.8. The molecule has 0 bridgehead atoms. The molecule has 1 saturated carbocycles. The summed E-state index contributed by atoms with van der Waals surface area (Å²) in [5.41, 5.74) is 5.76. The largest absolute Gasteiger partial charge is 0.478 e. The second-order valence-corrected chi connectivity index (χ2v) is 8.94.